The number of carboxylic acid groups (broad SMARTS) is 1. The molecule has 0 aromatic carbocycles. The molecular formula is C9H9F9NNaO5S. The van der Waals surface area contributed by atoms with E-state index >= 15 is 0 Å². The molecule has 0 aliphatic carbocycles. The first-order valence-electron chi connectivity index (χ1n) is 5.76. The van der Waals surface area contributed by atoms with Crippen LogP contribution in [0.5, 0.6) is 0 Å². The van der Waals surface area contributed by atoms with Gasteiger partial charge in [0.25, 0.3) is 10.0 Å². The van der Waals surface area contributed by atoms with Gasteiger partial charge in [0, 0.05) is 13.7 Å². The van der Waals surface area contributed by atoms with E-state index in [1.807, 2.05) is 0 Å². The van der Waals surface area contributed by atoms with Crippen molar-refractivity contribution in [3.05, 3.63) is 0 Å². The second kappa shape index (κ2) is 8.81. The Hall–Kier alpha value is -0.290. The molecule has 0 aromatic heterocycles. The summed E-state index contributed by atoms with van der Waals surface area (Å²) in [6.07, 6.45) is -7.22. The van der Waals surface area contributed by atoms with E-state index in [0.29, 0.717) is 0 Å². The number of alkyl halides is 9. The number of halogens is 9. The molecule has 26 heavy (non-hydrogen) atoms. The van der Waals surface area contributed by atoms with Gasteiger partial charge in [0.1, 0.15) is 0 Å². The smallest absolute Gasteiger partial charge is 0.549 e. The van der Waals surface area contributed by atoms with E-state index in [4.69, 9.17) is 0 Å². The van der Waals surface area contributed by atoms with Crippen LogP contribution in [0.4, 0.5) is 39.5 Å². The van der Waals surface area contributed by atoms with E-state index < -0.39 is 63.3 Å². The molecule has 0 radical (unpaired) electrons. The van der Waals surface area contributed by atoms with E-state index in [9.17, 15) is 57.8 Å². The predicted molar refractivity (Wildman–Crippen MR) is 58.3 cm³/mol. The summed E-state index contributed by atoms with van der Waals surface area (Å²) >= 11 is 0. The molecule has 0 aromatic rings. The van der Waals surface area contributed by atoms with Crippen molar-refractivity contribution in [1.29, 1.82) is 0 Å². The van der Waals surface area contributed by atoms with Gasteiger partial charge in [-0.1, -0.05) is 0 Å². The number of hydrogen-bond acceptors (Lipinski definition) is 5. The largest absolute Gasteiger partial charge is 1.00 e. The average Bonchev–Trinajstić information content (AvgIpc) is 2.40. The van der Waals surface area contributed by atoms with Gasteiger partial charge >= 0.3 is 52.8 Å². The molecule has 0 aliphatic heterocycles. The molecule has 0 bridgehead atoms. The number of methoxy groups -OCH3 is 1. The zero-order chi connectivity index (χ0) is 20.5. The molecule has 17 heteroatoms. The number of aliphatic carboxylic acids is 1. The van der Waals surface area contributed by atoms with Gasteiger partial charge in [-0.15, -0.1) is 0 Å². The van der Waals surface area contributed by atoms with Crippen molar-refractivity contribution in [3.8, 4) is 0 Å². The Morgan fingerprint density at radius 3 is 1.73 bits per heavy atom. The molecule has 0 aliphatic rings. The zero-order valence-electron chi connectivity index (χ0n) is 12.9. The Morgan fingerprint density at radius 1 is 1.00 bits per heavy atom. The third kappa shape index (κ3) is 4.95. The first kappa shape index (κ1) is 27.9. The second-order valence-corrected chi connectivity index (χ2v) is 6.35. The minimum absolute atomic E-state index is 0. The Bertz CT molecular complexity index is 595. The number of carboxylic acids is 1. The molecule has 0 heterocycles. The van der Waals surface area contributed by atoms with Crippen LogP contribution in [-0.2, 0) is 19.6 Å². The summed E-state index contributed by atoms with van der Waals surface area (Å²) < 4.78 is 141. The van der Waals surface area contributed by atoms with Gasteiger partial charge < -0.3 is 14.6 Å². The number of rotatable bonds is 9. The van der Waals surface area contributed by atoms with Crippen LogP contribution in [0.1, 0.15) is 0 Å². The SMILES string of the molecule is COCCN(CC(=O)[O-])S(=O)(=O)C(F)(F)C(F)(F)C(F)(F)C(F)(F)F.[Na+]. The van der Waals surface area contributed by atoms with Crippen LogP contribution >= 0.6 is 0 Å². The van der Waals surface area contributed by atoms with Crippen LogP contribution < -0.4 is 34.7 Å². The molecule has 0 atom stereocenters. The molecule has 0 N–H and O–H groups in total. The third-order valence-electron chi connectivity index (χ3n) is 2.63. The summed E-state index contributed by atoms with van der Waals surface area (Å²) in [5.74, 6) is -17.3. The van der Waals surface area contributed by atoms with Crippen LogP contribution in [0.15, 0.2) is 0 Å². The molecule has 0 saturated heterocycles. The fraction of sp³-hybridized carbons (Fsp3) is 0.889. The van der Waals surface area contributed by atoms with Crippen molar-refractivity contribution in [1.82, 2.24) is 4.31 Å². The Kier molecular flexibility index (Phi) is 9.46. The van der Waals surface area contributed by atoms with E-state index in [2.05, 4.69) is 4.74 Å². The third-order valence-corrected chi connectivity index (χ3v) is 4.53. The number of ether oxygens (including phenoxy) is 1. The van der Waals surface area contributed by atoms with Gasteiger partial charge in [-0.2, -0.15) is 43.8 Å². The topological polar surface area (TPSA) is 86.7 Å². The standard InChI is InChI=1S/C9H10F9NO5S.Na/c1-24-3-2-19(4-5(20)21)25(22,23)9(17,18)7(12,13)6(10,11)8(14,15)16;/h2-4H2,1H3,(H,20,21);/q;+1/p-1. The monoisotopic (exact) mass is 437 g/mol. The minimum atomic E-state index is -7.45. The maximum atomic E-state index is 13.5. The summed E-state index contributed by atoms with van der Waals surface area (Å²) in [4.78, 5) is 10.3. The first-order valence-corrected chi connectivity index (χ1v) is 7.20. The molecule has 0 fully saturated rings. The van der Waals surface area contributed by atoms with Crippen molar-refractivity contribution in [2.24, 2.45) is 0 Å². The van der Waals surface area contributed by atoms with Gasteiger partial charge in [0.05, 0.1) is 19.1 Å². The summed E-state index contributed by atoms with van der Waals surface area (Å²) in [5.41, 5.74) is 0. The number of nitrogens with zero attached hydrogens (tertiary/aromatic N) is 1. The Labute approximate surface area is 162 Å². The van der Waals surface area contributed by atoms with Crippen molar-refractivity contribution in [3.63, 3.8) is 0 Å². The van der Waals surface area contributed by atoms with Gasteiger partial charge in [0.2, 0.25) is 0 Å². The minimum Gasteiger partial charge on any atom is -0.549 e. The van der Waals surface area contributed by atoms with Gasteiger partial charge in [-0.3, -0.25) is 0 Å². The summed E-state index contributed by atoms with van der Waals surface area (Å²) in [6.45, 7) is -4.26. The van der Waals surface area contributed by atoms with Gasteiger partial charge in [0.15, 0.2) is 0 Å². The molecule has 0 saturated carbocycles. The molecule has 0 rings (SSSR count). The van der Waals surface area contributed by atoms with Crippen molar-refractivity contribution >= 4 is 16.0 Å². The van der Waals surface area contributed by atoms with Crippen LogP contribution in [-0.4, -0.2) is 68.8 Å². The fourth-order valence-electron chi connectivity index (χ4n) is 1.31. The average molecular weight is 437 g/mol. The molecule has 0 spiro atoms. The van der Waals surface area contributed by atoms with Crippen molar-refractivity contribution in [2.75, 3.05) is 26.8 Å². The van der Waals surface area contributed by atoms with E-state index in [-0.39, 0.29) is 29.6 Å². The predicted octanol–water partition coefficient (Wildman–Crippen LogP) is -2.56. The summed E-state index contributed by atoms with van der Waals surface area (Å²) in [6, 6.07) is 0. The first-order chi connectivity index (χ1) is 10.9. The van der Waals surface area contributed by atoms with Crippen LogP contribution in [0.3, 0.4) is 0 Å². The molecule has 6 nitrogen and oxygen atoms in total. The van der Waals surface area contributed by atoms with Crippen LogP contribution in [0.2, 0.25) is 0 Å². The number of carbonyl (C=O) groups is 1. The number of hydrogen-bond donors (Lipinski definition) is 0. The fourth-order valence-corrected chi connectivity index (χ4v) is 2.67. The summed E-state index contributed by atoms with van der Waals surface area (Å²) in [7, 11) is -6.16. The maximum Gasteiger partial charge on any atom is 1.00 e. The van der Waals surface area contributed by atoms with E-state index in [0.717, 1.165) is 7.11 Å². The van der Waals surface area contributed by atoms with Crippen LogP contribution in [0.25, 0.3) is 0 Å². The molecule has 150 valence electrons. The number of carbonyl (C=O) groups excluding carboxylic acids is 1. The molecular weight excluding hydrogens is 428 g/mol. The molecule has 0 amide bonds. The second-order valence-electron chi connectivity index (χ2n) is 4.37. The summed E-state index contributed by atoms with van der Waals surface area (Å²) in [5, 5.41) is 3.32. The molecule has 0 unspecified atom stereocenters. The van der Waals surface area contributed by atoms with Crippen LogP contribution in [0, 0.1) is 0 Å². The zero-order valence-corrected chi connectivity index (χ0v) is 15.7. The van der Waals surface area contributed by atoms with E-state index in [1.165, 1.54) is 0 Å². The normalized spacial score (nSPS) is 14.3. The maximum absolute atomic E-state index is 13.5. The van der Waals surface area contributed by atoms with Gasteiger partial charge in [-0.05, 0) is 0 Å². The number of sulfonamides is 1. The van der Waals surface area contributed by atoms with E-state index in [1.54, 1.807) is 0 Å². The quantitative estimate of drug-likeness (QED) is 0.293. The van der Waals surface area contributed by atoms with Crippen molar-refractivity contribution < 1.29 is 92.1 Å². The Morgan fingerprint density at radius 2 is 1.42 bits per heavy atom. The Balaban J connectivity index is 0. The van der Waals surface area contributed by atoms with Gasteiger partial charge in [-0.25, -0.2) is 8.42 Å². The van der Waals surface area contributed by atoms with Crippen molar-refractivity contribution in [2.45, 2.75) is 23.3 Å².